The van der Waals surface area contributed by atoms with E-state index in [2.05, 4.69) is 5.32 Å². The van der Waals surface area contributed by atoms with Crippen molar-refractivity contribution in [1.82, 2.24) is 9.62 Å². The highest BCUT2D eigenvalue weighted by Gasteiger charge is 2.33. The molecule has 1 N–H and O–H groups in total. The second kappa shape index (κ2) is 9.07. The zero-order chi connectivity index (χ0) is 20.1. The van der Waals surface area contributed by atoms with Crippen LogP contribution in [0.15, 0.2) is 46.0 Å². The first kappa shape index (κ1) is 20.8. The molecule has 1 aromatic heterocycles. The number of sulfonamides is 1. The third kappa shape index (κ3) is 5.12. The van der Waals surface area contributed by atoms with Crippen molar-refractivity contribution in [3.8, 4) is 5.75 Å². The van der Waals surface area contributed by atoms with Gasteiger partial charge in [-0.2, -0.15) is 4.31 Å². The number of ether oxygens (including phenoxy) is 1. The molecule has 0 unspecified atom stereocenters. The second-order valence-electron chi connectivity index (χ2n) is 7.16. The highest BCUT2D eigenvalue weighted by atomic mass is 32.2. The normalized spacial score (nSPS) is 18.2. The summed E-state index contributed by atoms with van der Waals surface area (Å²) in [6.07, 6.45) is 1.50. The average molecular weight is 423 g/mol. The maximum Gasteiger partial charge on any atom is 0.252 e. The van der Waals surface area contributed by atoms with Gasteiger partial charge in [0.15, 0.2) is 0 Å². The number of nitrogens with zero attached hydrogens (tertiary/aromatic N) is 1. The molecule has 1 atom stereocenters. The van der Waals surface area contributed by atoms with Crippen molar-refractivity contribution in [1.29, 1.82) is 0 Å². The molecule has 1 aromatic carbocycles. The predicted molar refractivity (Wildman–Crippen MR) is 110 cm³/mol. The zero-order valence-corrected chi connectivity index (χ0v) is 17.8. The standard InChI is InChI=1S/C20H26N2O4S2/c1-15(2)26-18-9-7-16(8-10-18)13-21-20(23)17-5-3-11-22(14-17)28(24,25)19-6-4-12-27-19/h4,6-10,12,15,17H,3,5,11,13-14H2,1-2H3,(H,21,23)/t17-/m0/s1. The monoisotopic (exact) mass is 422 g/mol. The molecule has 0 bridgehead atoms. The van der Waals surface area contributed by atoms with Crippen LogP contribution in [0.1, 0.15) is 32.3 Å². The molecular weight excluding hydrogens is 396 g/mol. The van der Waals surface area contributed by atoms with Crippen LogP contribution < -0.4 is 10.1 Å². The van der Waals surface area contributed by atoms with Crippen LogP contribution in [0.3, 0.4) is 0 Å². The van der Waals surface area contributed by atoms with Crippen LogP contribution in [-0.4, -0.2) is 37.8 Å². The van der Waals surface area contributed by atoms with E-state index in [1.54, 1.807) is 17.5 Å². The molecule has 2 heterocycles. The van der Waals surface area contributed by atoms with Gasteiger partial charge in [0.25, 0.3) is 10.0 Å². The minimum atomic E-state index is -3.51. The van der Waals surface area contributed by atoms with Gasteiger partial charge in [-0.15, -0.1) is 11.3 Å². The Morgan fingerprint density at radius 3 is 2.68 bits per heavy atom. The summed E-state index contributed by atoms with van der Waals surface area (Å²) in [5.74, 6) is 0.368. The van der Waals surface area contributed by atoms with Crippen molar-refractivity contribution in [2.45, 2.75) is 43.5 Å². The van der Waals surface area contributed by atoms with Crippen molar-refractivity contribution >= 4 is 27.3 Å². The van der Waals surface area contributed by atoms with Gasteiger partial charge in [-0.1, -0.05) is 18.2 Å². The Kier molecular flexibility index (Phi) is 6.74. The van der Waals surface area contributed by atoms with Gasteiger partial charge >= 0.3 is 0 Å². The van der Waals surface area contributed by atoms with E-state index in [1.807, 2.05) is 38.1 Å². The Morgan fingerprint density at radius 1 is 1.29 bits per heavy atom. The molecule has 152 valence electrons. The molecule has 0 saturated carbocycles. The van der Waals surface area contributed by atoms with Crippen LogP contribution >= 0.6 is 11.3 Å². The van der Waals surface area contributed by atoms with E-state index < -0.39 is 10.0 Å². The van der Waals surface area contributed by atoms with Gasteiger partial charge in [0, 0.05) is 19.6 Å². The number of hydrogen-bond acceptors (Lipinski definition) is 5. The number of piperidine rings is 1. The van der Waals surface area contributed by atoms with Crippen molar-refractivity contribution in [3.63, 3.8) is 0 Å². The second-order valence-corrected chi connectivity index (χ2v) is 10.3. The Labute approximate surface area is 170 Å². The smallest absolute Gasteiger partial charge is 0.252 e. The van der Waals surface area contributed by atoms with Gasteiger partial charge in [0.1, 0.15) is 9.96 Å². The van der Waals surface area contributed by atoms with E-state index in [4.69, 9.17) is 4.74 Å². The van der Waals surface area contributed by atoms with Gasteiger partial charge in [-0.3, -0.25) is 4.79 Å². The first-order valence-corrected chi connectivity index (χ1v) is 11.7. The van der Waals surface area contributed by atoms with Gasteiger partial charge < -0.3 is 10.1 Å². The Bertz CT molecular complexity index is 877. The molecule has 1 aliphatic rings. The quantitative estimate of drug-likeness (QED) is 0.743. The predicted octanol–water partition coefficient (Wildman–Crippen LogP) is 3.25. The molecule has 6 nitrogen and oxygen atoms in total. The summed E-state index contributed by atoms with van der Waals surface area (Å²) in [6.45, 7) is 5.05. The van der Waals surface area contributed by atoms with E-state index in [0.29, 0.717) is 30.1 Å². The van der Waals surface area contributed by atoms with Crippen LogP contribution in [-0.2, 0) is 21.4 Å². The van der Waals surface area contributed by atoms with Crippen molar-refractivity contribution in [3.05, 3.63) is 47.3 Å². The molecular formula is C20H26N2O4S2. The molecule has 1 amide bonds. The Morgan fingerprint density at radius 2 is 2.04 bits per heavy atom. The molecule has 28 heavy (non-hydrogen) atoms. The Balaban J connectivity index is 1.56. The molecule has 1 fully saturated rings. The summed E-state index contributed by atoms with van der Waals surface area (Å²) in [5, 5.41) is 4.69. The summed E-state index contributed by atoms with van der Waals surface area (Å²) in [5.41, 5.74) is 0.975. The van der Waals surface area contributed by atoms with Gasteiger partial charge in [-0.25, -0.2) is 8.42 Å². The largest absolute Gasteiger partial charge is 0.491 e. The molecule has 1 aliphatic heterocycles. The SMILES string of the molecule is CC(C)Oc1ccc(CNC(=O)[C@H]2CCCN(S(=O)(=O)c3cccs3)C2)cc1. The summed E-state index contributed by atoms with van der Waals surface area (Å²) in [7, 11) is -3.51. The minimum absolute atomic E-state index is 0.103. The maximum atomic E-state index is 12.7. The molecule has 8 heteroatoms. The fraction of sp³-hybridized carbons (Fsp3) is 0.450. The molecule has 1 saturated heterocycles. The van der Waals surface area contributed by atoms with Crippen molar-refractivity contribution < 1.29 is 17.9 Å². The first-order valence-electron chi connectivity index (χ1n) is 9.43. The van der Waals surface area contributed by atoms with E-state index in [9.17, 15) is 13.2 Å². The third-order valence-corrected chi connectivity index (χ3v) is 7.84. The zero-order valence-electron chi connectivity index (χ0n) is 16.1. The lowest BCUT2D eigenvalue weighted by Crippen LogP contribution is -2.45. The van der Waals surface area contributed by atoms with Crippen LogP contribution in [0.5, 0.6) is 5.75 Å². The fourth-order valence-electron chi connectivity index (χ4n) is 3.20. The van der Waals surface area contributed by atoms with E-state index >= 15 is 0 Å². The first-order chi connectivity index (χ1) is 13.4. The number of carbonyl (C=O) groups excluding carboxylic acids is 1. The summed E-state index contributed by atoms with van der Waals surface area (Å²) in [4.78, 5) is 12.6. The van der Waals surface area contributed by atoms with Crippen LogP contribution in [0, 0.1) is 5.92 Å². The van der Waals surface area contributed by atoms with Gasteiger partial charge in [-0.05, 0) is 55.8 Å². The topological polar surface area (TPSA) is 75.7 Å². The Hall–Kier alpha value is -1.90. The average Bonchev–Trinajstić information content (AvgIpc) is 3.22. The number of carbonyl (C=O) groups is 1. The summed E-state index contributed by atoms with van der Waals surface area (Å²) in [6, 6.07) is 11.0. The maximum absolute atomic E-state index is 12.7. The molecule has 3 rings (SSSR count). The number of nitrogens with one attached hydrogen (secondary N) is 1. The molecule has 0 spiro atoms. The number of hydrogen-bond donors (Lipinski definition) is 1. The van der Waals surface area contributed by atoms with E-state index in [1.165, 1.54) is 15.6 Å². The van der Waals surface area contributed by atoms with Crippen molar-refractivity contribution in [2.75, 3.05) is 13.1 Å². The van der Waals surface area contributed by atoms with E-state index in [0.717, 1.165) is 11.3 Å². The summed E-state index contributed by atoms with van der Waals surface area (Å²) < 4.78 is 32.8. The minimum Gasteiger partial charge on any atom is -0.491 e. The van der Waals surface area contributed by atoms with Gasteiger partial charge in [0.2, 0.25) is 5.91 Å². The van der Waals surface area contributed by atoms with Crippen molar-refractivity contribution in [2.24, 2.45) is 5.92 Å². The number of rotatable bonds is 7. The fourth-order valence-corrected chi connectivity index (χ4v) is 5.87. The lowest BCUT2D eigenvalue weighted by Gasteiger charge is -2.30. The van der Waals surface area contributed by atoms with Crippen LogP contribution in [0.2, 0.25) is 0 Å². The highest BCUT2D eigenvalue weighted by Crippen LogP contribution is 2.26. The lowest BCUT2D eigenvalue weighted by atomic mass is 9.99. The van der Waals surface area contributed by atoms with Gasteiger partial charge in [0.05, 0.1) is 12.0 Å². The number of benzene rings is 1. The highest BCUT2D eigenvalue weighted by molar-refractivity contribution is 7.91. The number of amides is 1. The lowest BCUT2D eigenvalue weighted by molar-refractivity contribution is -0.126. The molecule has 0 radical (unpaired) electrons. The third-order valence-electron chi connectivity index (χ3n) is 4.61. The summed E-state index contributed by atoms with van der Waals surface area (Å²) >= 11 is 1.20. The molecule has 2 aromatic rings. The molecule has 0 aliphatic carbocycles. The van der Waals surface area contributed by atoms with Crippen LogP contribution in [0.25, 0.3) is 0 Å². The van der Waals surface area contributed by atoms with Crippen LogP contribution in [0.4, 0.5) is 0 Å². The number of thiophene rings is 1. The van der Waals surface area contributed by atoms with E-state index in [-0.39, 0.29) is 24.5 Å².